The molecule has 0 saturated heterocycles. The summed E-state index contributed by atoms with van der Waals surface area (Å²) in [6.07, 6.45) is 1.32. The van der Waals surface area contributed by atoms with Crippen LogP contribution in [0.3, 0.4) is 0 Å². The van der Waals surface area contributed by atoms with Crippen LogP contribution in [-0.2, 0) is 0 Å². The Hall–Kier alpha value is -1.88. The molecule has 2 rings (SSSR count). The maximum absolute atomic E-state index is 11.6. The van der Waals surface area contributed by atoms with Crippen LogP contribution in [0.2, 0.25) is 0 Å². The minimum absolute atomic E-state index is 0.153. The highest BCUT2D eigenvalue weighted by atomic mass is 32.1. The largest absolute Gasteiger partial charge is 0.413 e. The summed E-state index contributed by atoms with van der Waals surface area (Å²) in [5, 5.41) is 3.62. The van der Waals surface area contributed by atoms with Gasteiger partial charge in [-0.05, 0) is 26.0 Å². The van der Waals surface area contributed by atoms with E-state index in [1.807, 2.05) is 32.0 Å². The summed E-state index contributed by atoms with van der Waals surface area (Å²) in [7, 11) is 0. The summed E-state index contributed by atoms with van der Waals surface area (Å²) < 4.78 is 5.14. The van der Waals surface area contributed by atoms with Gasteiger partial charge in [-0.25, -0.2) is 9.78 Å². The number of benzene rings is 1. The maximum atomic E-state index is 11.6. The Morgan fingerprint density at radius 3 is 2.72 bits per heavy atom. The third-order valence-electron chi connectivity index (χ3n) is 2.30. The minimum atomic E-state index is -0.471. The Morgan fingerprint density at radius 2 is 2.11 bits per heavy atom. The number of aryl methyl sites for hydroxylation is 1. The molecule has 5 heteroatoms. The van der Waals surface area contributed by atoms with Crippen molar-refractivity contribution in [2.45, 2.75) is 19.9 Å². The minimum Gasteiger partial charge on any atom is -0.410 e. The van der Waals surface area contributed by atoms with Crippen LogP contribution in [0.4, 0.5) is 4.79 Å². The van der Waals surface area contributed by atoms with Gasteiger partial charge in [0.1, 0.15) is 10.8 Å². The second kappa shape index (κ2) is 5.64. The van der Waals surface area contributed by atoms with E-state index >= 15 is 0 Å². The van der Waals surface area contributed by atoms with Crippen LogP contribution >= 0.6 is 11.3 Å². The predicted octanol–water partition coefficient (Wildman–Crippen LogP) is 3.30. The molecule has 1 amide bonds. The maximum Gasteiger partial charge on any atom is 0.413 e. The smallest absolute Gasteiger partial charge is 0.410 e. The number of hydrogen-bond acceptors (Lipinski definition) is 4. The summed E-state index contributed by atoms with van der Waals surface area (Å²) in [5.41, 5.74) is 0. The molecule has 0 aliphatic rings. The van der Waals surface area contributed by atoms with Crippen LogP contribution in [-0.4, -0.2) is 11.1 Å². The van der Waals surface area contributed by atoms with E-state index in [0.717, 1.165) is 9.88 Å². The summed E-state index contributed by atoms with van der Waals surface area (Å²) in [4.78, 5) is 17.0. The van der Waals surface area contributed by atoms with Crippen LogP contribution in [0.25, 0.3) is 0 Å². The second-order valence-electron chi connectivity index (χ2n) is 3.88. The highest BCUT2D eigenvalue weighted by Gasteiger charge is 2.13. The van der Waals surface area contributed by atoms with Gasteiger partial charge < -0.3 is 10.1 Å². The first-order chi connectivity index (χ1) is 8.65. The molecule has 2 aromatic rings. The molecular formula is C13H14N2O2S. The van der Waals surface area contributed by atoms with Gasteiger partial charge >= 0.3 is 6.09 Å². The van der Waals surface area contributed by atoms with E-state index in [-0.39, 0.29) is 6.04 Å². The Morgan fingerprint density at radius 1 is 1.39 bits per heavy atom. The summed E-state index contributed by atoms with van der Waals surface area (Å²) in [6, 6.07) is 8.81. The molecule has 0 aliphatic carbocycles. The van der Waals surface area contributed by atoms with E-state index in [9.17, 15) is 4.79 Å². The van der Waals surface area contributed by atoms with Crippen molar-refractivity contribution >= 4 is 17.4 Å². The van der Waals surface area contributed by atoms with Crippen molar-refractivity contribution in [3.05, 3.63) is 46.4 Å². The van der Waals surface area contributed by atoms with Crippen molar-refractivity contribution < 1.29 is 9.53 Å². The zero-order valence-electron chi connectivity index (χ0n) is 10.2. The molecule has 4 nitrogen and oxygen atoms in total. The molecule has 0 fully saturated rings. The molecule has 1 atom stereocenters. The van der Waals surface area contributed by atoms with E-state index in [1.165, 1.54) is 0 Å². The normalized spacial score (nSPS) is 11.9. The van der Waals surface area contributed by atoms with Gasteiger partial charge in [0, 0.05) is 11.1 Å². The highest BCUT2D eigenvalue weighted by Crippen LogP contribution is 2.19. The lowest BCUT2D eigenvalue weighted by Gasteiger charge is -2.11. The molecule has 1 N–H and O–H groups in total. The van der Waals surface area contributed by atoms with Crippen LogP contribution < -0.4 is 10.1 Å². The predicted molar refractivity (Wildman–Crippen MR) is 70.9 cm³/mol. The number of hydrogen-bond donors (Lipinski definition) is 1. The third-order valence-corrected chi connectivity index (χ3v) is 3.39. The lowest BCUT2D eigenvalue weighted by molar-refractivity contribution is 0.197. The number of amides is 1. The van der Waals surface area contributed by atoms with E-state index in [4.69, 9.17) is 4.74 Å². The lowest BCUT2D eigenvalue weighted by atomic mass is 10.3. The molecule has 18 heavy (non-hydrogen) atoms. The van der Waals surface area contributed by atoms with Crippen LogP contribution in [0.5, 0.6) is 5.75 Å². The van der Waals surface area contributed by atoms with Crippen LogP contribution in [0, 0.1) is 6.92 Å². The fraction of sp³-hybridized carbons (Fsp3) is 0.231. The number of para-hydroxylation sites is 1. The molecule has 1 heterocycles. The fourth-order valence-corrected chi connectivity index (χ4v) is 2.21. The quantitative estimate of drug-likeness (QED) is 0.923. The number of ether oxygens (including phenoxy) is 1. The molecule has 94 valence electrons. The number of aromatic nitrogens is 1. The standard InChI is InChI=1S/C13H14N2O2S/c1-9-8-14-12(18-9)10(2)15-13(16)17-11-6-4-3-5-7-11/h3-8,10H,1-2H3,(H,15,16). The molecule has 1 unspecified atom stereocenters. The summed E-state index contributed by atoms with van der Waals surface area (Å²) >= 11 is 1.56. The molecule has 1 aromatic carbocycles. The Labute approximate surface area is 110 Å². The van der Waals surface area contributed by atoms with Crippen LogP contribution in [0.15, 0.2) is 36.5 Å². The van der Waals surface area contributed by atoms with Crippen molar-refractivity contribution in [3.63, 3.8) is 0 Å². The first-order valence-electron chi connectivity index (χ1n) is 5.61. The lowest BCUT2D eigenvalue weighted by Crippen LogP contribution is -2.29. The van der Waals surface area contributed by atoms with E-state index < -0.39 is 6.09 Å². The Bertz CT molecular complexity index is 525. The zero-order chi connectivity index (χ0) is 13.0. The van der Waals surface area contributed by atoms with Crippen molar-refractivity contribution in [1.29, 1.82) is 0 Å². The van der Waals surface area contributed by atoms with E-state index in [0.29, 0.717) is 5.75 Å². The van der Waals surface area contributed by atoms with Gasteiger partial charge in [0.15, 0.2) is 0 Å². The van der Waals surface area contributed by atoms with Crippen molar-refractivity contribution in [2.24, 2.45) is 0 Å². The van der Waals surface area contributed by atoms with Gasteiger partial charge in [-0.1, -0.05) is 18.2 Å². The number of nitrogens with one attached hydrogen (secondary N) is 1. The molecule has 0 saturated carbocycles. The first kappa shape index (κ1) is 12.6. The number of nitrogens with zero attached hydrogens (tertiary/aromatic N) is 1. The molecular weight excluding hydrogens is 248 g/mol. The van der Waals surface area contributed by atoms with E-state index in [2.05, 4.69) is 10.3 Å². The van der Waals surface area contributed by atoms with Crippen molar-refractivity contribution in [2.75, 3.05) is 0 Å². The van der Waals surface area contributed by atoms with Crippen molar-refractivity contribution in [1.82, 2.24) is 10.3 Å². The third kappa shape index (κ3) is 3.30. The van der Waals surface area contributed by atoms with Gasteiger partial charge in [-0.2, -0.15) is 0 Å². The summed E-state index contributed by atoms with van der Waals surface area (Å²) in [5.74, 6) is 0.525. The van der Waals surface area contributed by atoms with Gasteiger partial charge in [0.25, 0.3) is 0 Å². The molecule has 0 aliphatic heterocycles. The molecule has 0 radical (unpaired) electrons. The second-order valence-corrected chi connectivity index (χ2v) is 5.14. The Kier molecular flexibility index (Phi) is 3.94. The average molecular weight is 262 g/mol. The number of carbonyl (C=O) groups is 1. The Balaban J connectivity index is 1.92. The topological polar surface area (TPSA) is 51.2 Å². The molecule has 1 aromatic heterocycles. The average Bonchev–Trinajstić information content (AvgIpc) is 2.77. The highest BCUT2D eigenvalue weighted by molar-refractivity contribution is 7.11. The van der Waals surface area contributed by atoms with E-state index in [1.54, 1.807) is 29.7 Å². The number of thiazole rings is 1. The zero-order valence-corrected chi connectivity index (χ0v) is 11.0. The van der Waals surface area contributed by atoms with Gasteiger partial charge in [-0.15, -0.1) is 11.3 Å². The SMILES string of the molecule is Cc1cnc(C(C)NC(=O)Oc2ccccc2)s1. The number of rotatable bonds is 3. The first-order valence-corrected chi connectivity index (χ1v) is 6.42. The van der Waals surface area contributed by atoms with Gasteiger partial charge in [0.2, 0.25) is 0 Å². The monoisotopic (exact) mass is 262 g/mol. The summed E-state index contributed by atoms with van der Waals surface area (Å²) in [6.45, 7) is 3.86. The van der Waals surface area contributed by atoms with Crippen LogP contribution in [0.1, 0.15) is 22.9 Å². The van der Waals surface area contributed by atoms with Gasteiger partial charge in [-0.3, -0.25) is 0 Å². The molecule has 0 bridgehead atoms. The molecule has 0 spiro atoms. The fourth-order valence-electron chi connectivity index (χ4n) is 1.44. The van der Waals surface area contributed by atoms with Crippen molar-refractivity contribution in [3.8, 4) is 5.75 Å². The van der Waals surface area contributed by atoms with Gasteiger partial charge in [0.05, 0.1) is 6.04 Å². The number of carbonyl (C=O) groups excluding carboxylic acids is 1.